The van der Waals surface area contributed by atoms with Crippen molar-refractivity contribution in [2.45, 2.75) is 59.3 Å². The number of para-hydroxylation sites is 1. The van der Waals surface area contributed by atoms with E-state index in [1.807, 2.05) is 44.2 Å². The molecule has 0 fully saturated rings. The molecular weight excluding hydrogens is 433 g/mol. The quantitative estimate of drug-likeness (QED) is 0.365. The standard InChI is InChI=1S/C27H36FN3O3/c1-5-16-30(17-23(32)19-33-20(3)4)18-25-26(6-2)29-31(22-10-8-7-9-11-22)27(25)34-24-14-12-21(28)13-15-24/h7-15,20,23,32H,5-6,16-19H2,1-4H3. The number of hydrogen-bond acceptors (Lipinski definition) is 5. The molecule has 0 amide bonds. The Labute approximate surface area is 201 Å². The Kier molecular flexibility index (Phi) is 9.62. The SMILES string of the molecule is CCCN(Cc1c(CC)nn(-c2ccccc2)c1Oc1ccc(F)cc1)CC(O)COC(C)C. The highest BCUT2D eigenvalue weighted by atomic mass is 19.1. The molecule has 1 atom stereocenters. The summed E-state index contributed by atoms with van der Waals surface area (Å²) in [7, 11) is 0. The maximum absolute atomic E-state index is 13.5. The lowest BCUT2D eigenvalue weighted by Crippen LogP contribution is -2.35. The molecule has 2 aromatic carbocycles. The topological polar surface area (TPSA) is 59.8 Å². The molecule has 6 nitrogen and oxygen atoms in total. The van der Waals surface area contributed by atoms with Crippen LogP contribution in [0.4, 0.5) is 4.39 Å². The lowest BCUT2D eigenvalue weighted by molar-refractivity contribution is -0.00957. The van der Waals surface area contributed by atoms with E-state index < -0.39 is 6.10 Å². The van der Waals surface area contributed by atoms with Gasteiger partial charge in [0.1, 0.15) is 11.6 Å². The average Bonchev–Trinajstić information content (AvgIpc) is 3.16. The van der Waals surface area contributed by atoms with Crippen molar-refractivity contribution < 1.29 is 19.0 Å². The number of benzene rings is 2. The fourth-order valence-corrected chi connectivity index (χ4v) is 3.81. The van der Waals surface area contributed by atoms with Gasteiger partial charge < -0.3 is 14.6 Å². The maximum Gasteiger partial charge on any atom is 0.227 e. The third-order valence-electron chi connectivity index (χ3n) is 5.40. The molecule has 0 saturated heterocycles. The summed E-state index contributed by atoms with van der Waals surface area (Å²) in [4.78, 5) is 2.21. The van der Waals surface area contributed by atoms with Gasteiger partial charge in [-0.05, 0) is 69.6 Å². The third kappa shape index (κ3) is 7.13. The van der Waals surface area contributed by atoms with Crippen LogP contribution >= 0.6 is 0 Å². The van der Waals surface area contributed by atoms with Crippen molar-refractivity contribution >= 4 is 0 Å². The summed E-state index contributed by atoms with van der Waals surface area (Å²) in [6.45, 7) is 10.3. The summed E-state index contributed by atoms with van der Waals surface area (Å²) in [5.74, 6) is 0.823. The van der Waals surface area contributed by atoms with Crippen molar-refractivity contribution in [3.8, 4) is 17.3 Å². The number of nitrogens with zero attached hydrogens (tertiary/aromatic N) is 3. The van der Waals surface area contributed by atoms with Gasteiger partial charge in [0, 0.05) is 13.1 Å². The predicted octanol–water partition coefficient (Wildman–Crippen LogP) is 5.36. The van der Waals surface area contributed by atoms with E-state index in [4.69, 9.17) is 14.6 Å². The van der Waals surface area contributed by atoms with E-state index in [1.165, 1.54) is 12.1 Å². The van der Waals surface area contributed by atoms with Crippen LogP contribution in [0, 0.1) is 5.82 Å². The average molecular weight is 470 g/mol. The van der Waals surface area contributed by atoms with Crippen LogP contribution in [0.3, 0.4) is 0 Å². The fraction of sp³-hybridized carbons (Fsp3) is 0.444. The molecular formula is C27H36FN3O3. The number of hydrogen-bond donors (Lipinski definition) is 1. The van der Waals surface area contributed by atoms with E-state index >= 15 is 0 Å². The first-order chi connectivity index (χ1) is 16.4. The van der Waals surface area contributed by atoms with Gasteiger partial charge in [-0.1, -0.05) is 32.0 Å². The van der Waals surface area contributed by atoms with Crippen LogP contribution in [-0.4, -0.2) is 51.7 Å². The number of aromatic nitrogens is 2. The Balaban J connectivity index is 1.96. The summed E-state index contributed by atoms with van der Waals surface area (Å²) < 4.78 is 27.2. The zero-order valence-electron chi connectivity index (χ0n) is 20.6. The molecule has 0 aliphatic heterocycles. The zero-order valence-corrected chi connectivity index (χ0v) is 20.6. The lowest BCUT2D eigenvalue weighted by Gasteiger charge is -2.25. The smallest absolute Gasteiger partial charge is 0.227 e. The molecule has 0 aliphatic rings. The molecule has 0 bridgehead atoms. The van der Waals surface area contributed by atoms with E-state index in [1.54, 1.807) is 16.8 Å². The van der Waals surface area contributed by atoms with E-state index in [0.717, 1.165) is 36.3 Å². The van der Waals surface area contributed by atoms with Crippen molar-refractivity contribution in [2.24, 2.45) is 0 Å². The van der Waals surface area contributed by atoms with Crippen LogP contribution in [0.2, 0.25) is 0 Å². The van der Waals surface area contributed by atoms with Crippen LogP contribution in [0.25, 0.3) is 5.69 Å². The minimum Gasteiger partial charge on any atom is -0.439 e. The van der Waals surface area contributed by atoms with Crippen molar-refractivity contribution in [3.05, 3.63) is 71.7 Å². The summed E-state index contributed by atoms with van der Waals surface area (Å²) in [6, 6.07) is 15.8. The second-order valence-electron chi connectivity index (χ2n) is 8.66. The van der Waals surface area contributed by atoms with E-state index in [9.17, 15) is 9.50 Å². The number of aliphatic hydroxyl groups excluding tert-OH is 1. The molecule has 3 aromatic rings. The molecule has 3 rings (SSSR count). The van der Waals surface area contributed by atoms with Crippen LogP contribution < -0.4 is 4.74 Å². The molecule has 184 valence electrons. The second kappa shape index (κ2) is 12.6. The largest absolute Gasteiger partial charge is 0.439 e. The highest BCUT2D eigenvalue weighted by Crippen LogP contribution is 2.32. The molecule has 1 heterocycles. The zero-order chi connectivity index (χ0) is 24.5. The van der Waals surface area contributed by atoms with Gasteiger partial charge in [-0.15, -0.1) is 0 Å². The highest BCUT2D eigenvalue weighted by Gasteiger charge is 2.23. The Morgan fingerprint density at radius 1 is 1.06 bits per heavy atom. The van der Waals surface area contributed by atoms with Gasteiger partial charge in [-0.3, -0.25) is 4.90 Å². The molecule has 1 N–H and O–H groups in total. The number of ether oxygens (including phenoxy) is 2. The first kappa shape index (κ1) is 25.9. The maximum atomic E-state index is 13.5. The Bertz CT molecular complexity index is 1010. The third-order valence-corrected chi connectivity index (χ3v) is 5.40. The Morgan fingerprint density at radius 3 is 2.38 bits per heavy atom. The molecule has 0 spiro atoms. The van der Waals surface area contributed by atoms with E-state index in [0.29, 0.717) is 31.3 Å². The first-order valence-electron chi connectivity index (χ1n) is 12.0. The van der Waals surface area contributed by atoms with E-state index in [-0.39, 0.29) is 11.9 Å². The molecule has 0 radical (unpaired) electrons. The predicted molar refractivity (Wildman–Crippen MR) is 132 cm³/mol. The minimum atomic E-state index is -0.593. The van der Waals surface area contributed by atoms with Gasteiger partial charge in [0.15, 0.2) is 0 Å². The molecule has 34 heavy (non-hydrogen) atoms. The molecule has 0 saturated carbocycles. The van der Waals surface area contributed by atoms with Crippen molar-refractivity contribution in [1.82, 2.24) is 14.7 Å². The summed E-state index contributed by atoms with van der Waals surface area (Å²) in [6.07, 6.45) is 1.15. The van der Waals surface area contributed by atoms with Gasteiger partial charge in [-0.25, -0.2) is 9.07 Å². The molecule has 7 heteroatoms. The Morgan fingerprint density at radius 2 is 1.76 bits per heavy atom. The summed E-state index contributed by atoms with van der Waals surface area (Å²) in [5.41, 5.74) is 2.77. The first-order valence-corrected chi connectivity index (χ1v) is 12.0. The van der Waals surface area contributed by atoms with Gasteiger partial charge >= 0.3 is 0 Å². The van der Waals surface area contributed by atoms with Crippen LogP contribution in [-0.2, 0) is 17.7 Å². The van der Waals surface area contributed by atoms with Crippen LogP contribution in [0.15, 0.2) is 54.6 Å². The Hall–Kier alpha value is -2.74. The fourth-order valence-electron chi connectivity index (χ4n) is 3.81. The second-order valence-corrected chi connectivity index (χ2v) is 8.66. The van der Waals surface area contributed by atoms with E-state index in [2.05, 4.69) is 18.7 Å². The van der Waals surface area contributed by atoms with Gasteiger partial charge in [0.25, 0.3) is 0 Å². The number of aliphatic hydroxyl groups is 1. The molecule has 1 unspecified atom stereocenters. The van der Waals surface area contributed by atoms with Crippen LogP contribution in [0.5, 0.6) is 11.6 Å². The highest BCUT2D eigenvalue weighted by molar-refractivity contribution is 5.43. The normalized spacial score (nSPS) is 12.5. The summed E-state index contributed by atoms with van der Waals surface area (Å²) >= 11 is 0. The molecule has 0 aliphatic carbocycles. The minimum absolute atomic E-state index is 0.0702. The lowest BCUT2D eigenvalue weighted by atomic mass is 10.1. The van der Waals surface area contributed by atoms with Crippen molar-refractivity contribution in [2.75, 3.05) is 19.7 Å². The number of halogens is 1. The van der Waals surface area contributed by atoms with Gasteiger partial charge in [0.2, 0.25) is 5.88 Å². The molecule has 1 aromatic heterocycles. The number of aryl methyl sites for hydroxylation is 1. The van der Waals surface area contributed by atoms with Crippen LogP contribution in [0.1, 0.15) is 45.4 Å². The number of rotatable bonds is 13. The van der Waals surface area contributed by atoms with Crippen molar-refractivity contribution in [1.29, 1.82) is 0 Å². The van der Waals surface area contributed by atoms with Gasteiger partial charge in [0.05, 0.1) is 35.8 Å². The summed E-state index contributed by atoms with van der Waals surface area (Å²) in [5, 5.41) is 15.4. The monoisotopic (exact) mass is 469 g/mol. The van der Waals surface area contributed by atoms with Gasteiger partial charge in [-0.2, -0.15) is 5.10 Å². The van der Waals surface area contributed by atoms with Crippen molar-refractivity contribution in [3.63, 3.8) is 0 Å².